The Labute approximate surface area is 103 Å². The highest BCUT2D eigenvalue weighted by Gasteiger charge is 2.23. The smallest absolute Gasteiger partial charge is 0.234 e. The van der Waals surface area contributed by atoms with Gasteiger partial charge in [0.25, 0.3) is 0 Å². The third-order valence-electron chi connectivity index (χ3n) is 3.09. The number of amides is 1. The zero-order valence-corrected chi connectivity index (χ0v) is 10.4. The molecule has 0 saturated heterocycles. The quantitative estimate of drug-likeness (QED) is 0.519. The zero-order chi connectivity index (χ0) is 12.5. The summed E-state index contributed by atoms with van der Waals surface area (Å²) in [6, 6.07) is 2.54. The van der Waals surface area contributed by atoms with Crippen molar-refractivity contribution >= 4 is 5.91 Å². The van der Waals surface area contributed by atoms with Gasteiger partial charge in [-0.05, 0) is 12.8 Å². The summed E-state index contributed by atoms with van der Waals surface area (Å²) in [4.78, 5) is 13.6. The molecule has 0 unspecified atom stereocenters. The van der Waals surface area contributed by atoms with E-state index in [1.165, 1.54) is 12.8 Å². The van der Waals surface area contributed by atoms with Crippen LogP contribution in [0.2, 0.25) is 0 Å². The molecule has 17 heavy (non-hydrogen) atoms. The third-order valence-corrected chi connectivity index (χ3v) is 3.09. The Kier molecular flexibility index (Phi) is 6.60. The first-order valence-electron chi connectivity index (χ1n) is 6.14. The van der Waals surface area contributed by atoms with Crippen LogP contribution in [0.15, 0.2) is 0 Å². The molecule has 1 rings (SSSR count). The fourth-order valence-corrected chi connectivity index (χ4v) is 2.21. The summed E-state index contributed by atoms with van der Waals surface area (Å²) in [6.45, 7) is 1.71. The predicted octanol–water partition coefficient (Wildman–Crippen LogP) is 0.517. The van der Waals surface area contributed by atoms with Gasteiger partial charge in [0.05, 0.1) is 25.8 Å². The average molecular weight is 239 g/mol. The van der Waals surface area contributed by atoms with Crippen molar-refractivity contribution in [1.29, 1.82) is 5.26 Å². The van der Waals surface area contributed by atoms with Gasteiger partial charge >= 0.3 is 0 Å². The fraction of sp³-hybridized carbons (Fsp3) is 0.833. The molecule has 0 aliphatic heterocycles. The molecule has 1 aliphatic carbocycles. The van der Waals surface area contributed by atoms with E-state index in [4.69, 9.17) is 10.00 Å². The molecule has 5 nitrogen and oxygen atoms in total. The topological polar surface area (TPSA) is 65.4 Å². The summed E-state index contributed by atoms with van der Waals surface area (Å²) >= 11 is 0. The molecule has 0 bridgehead atoms. The lowest BCUT2D eigenvalue weighted by atomic mass is 10.2. The van der Waals surface area contributed by atoms with E-state index in [2.05, 4.69) is 11.4 Å². The number of carbonyl (C=O) groups excluding carboxylic acids is 1. The lowest BCUT2D eigenvalue weighted by Crippen LogP contribution is -2.42. The molecular weight excluding hydrogens is 218 g/mol. The number of carbonyl (C=O) groups is 1. The SMILES string of the molecule is COCCNC(=O)CN(CC#N)C1CCCC1. The van der Waals surface area contributed by atoms with E-state index in [1.54, 1.807) is 7.11 Å². The maximum absolute atomic E-state index is 11.6. The summed E-state index contributed by atoms with van der Waals surface area (Å²) in [5, 5.41) is 11.6. The maximum Gasteiger partial charge on any atom is 0.234 e. The van der Waals surface area contributed by atoms with E-state index >= 15 is 0 Å². The molecule has 96 valence electrons. The fourth-order valence-electron chi connectivity index (χ4n) is 2.21. The van der Waals surface area contributed by atoms with E-state index in [9.17, 15) is 4.79 Å². The highest BCUT2D eigenvalue weighted by Crippen LogP contribution is 2.22. The highest BCUT2D eigenvalue weighted by molar-refractivity contribution is 5.78. The molecule has 0 spiro atoms. The number of ether oxygens (including phenoxy) is 1. The van der Waals surface area contributed by atoms with Crippen LogP contribution >= 0.6 is 0 Å². The van der Waals surface area contributed by atoms with Crippen LogP contribution in [0.1, 0.15) is 25.7 Å². The van der Waals surface area contributed by atoms with E-state index < -0.39 is 0 Å². The van der Waals surface area contributed by atoms with Gasteiger partial charge in [-0.25, -0.2) is 0 Å². The Morgan fingerprint density at radius 1 is 1.53 bits per heavy atom. The van der Waals surface area contributed by atoms with Crippen molar-refractivity contribution in [2.45, 2.75) is 31.7 Å². The predicted molar refractivity (Wildman–Crippen MR) is 64.3 cm³/mol. The number of nitrogens with one attached hydrogen (secondary N) is 1. The molecule has 1 aliphatic rings. The van der Waals surface area contributed by atoms with Crippen molar-refractivity contribution in [2.24, 2.45) is 0 Å². The van der Waals surface area contributed by atoms with E-state index in [0.29, 0.717) is 32.3 Å². The second-order valence-corrected chi connectivity index (χ2v) is 4.34. The van der Waals surface area contributed by atoms with Gasteiger partial charge in [0.15, 0.2) is 0 Å². The number of hydrogen-bond acceptors (Lipinski definition) is 4. The van der Waals surface area contributed by atoms with Crippen molar-refractivity contribution < 1.29 is 9.53 Å². The molecule has 1 saturated carbocycles. The molecule has 0 aromatic carbocycles. The standard InChI is InChI=1S/C12H21N3O2/c1-17-9-7-14-12(16)10-15(8-6-13)11-4-2-3-5-11/h11H,2-5,7-10H2,1H3,(H,14,16). The number of nitriles is 1. The summed E-state index contributed by atoms with van der Waals surface area (Å²) in [7, 11) is 1.60. The van der Waals surface area contributed by atoms with Crippen molar-refractivity contribution in [1.82, 2.24) is 10.2 Å². The van der Waals surface area contributed by atoms with Gasteiger partial charge in [-0.3, -0.25) is 9.69 Å². The lowest BCUT2D eigenvalue weighted by Gasteiger charge is -2.25. The lowest BCUT2D eigenvalue weighted by molar-refractivity contribution is -0.122. The maximum atomic E-state index is 11.6. The second-order valence-electron chi connectivity index (χ2n) is 4.34. The van der Waals surface area contributed by atoms with Gasteiger partial charge in [-0.15, -0.1) is 0 Å². The van der Waals surface area contributed by atoms with E-state index in [1.807, 2.05) is 4.90 Å². The molecule has 0 aromatic heterocycles. The largest absolute Gasteiger partial charge is 0.383 e. The number of methoxy groups -OCH3 is 1. The van der Waals surface area contributed by atoms with Crippen LogP contribution in [0.4, 0.5) is 0 Å². The van der Waals surface area contributed by atoms with Gasteiger partial charge in [0, 0.05) is 19.7 Å². The Morgan fingerprint density at radius 3 is 2.82 bits per heavy atom. The molecule has 0 radical (unpaired) electrons. The van der Waals surface area contributed by atoms with Gasteiger partial charge in [0.1, 0.15) is 0 Å². The zero-order valence-electron chi connectivity index (χ0n) is 10.4. The van der Waals surface area contributed by atoms with Crippen molar-refractivity contribution in [2.75, 3.05) is 33.4 Å². The number of nitrogens with zero attached hydrogens (tertiary/aromatic N) is 2. The van der Waals surface area contributed by atoms with Crippen LogP contribution in [0.5, 0.6) is 0 Å². The van der Waals surface area contributed by atoms with Crippen LogP contribution in [0.25, 0.3) is 0 Å². The minimum atomic E-state index is -0.0239. The summed E-state index contributed by atoms with van der Waals surface area (Å²) < 4.78 is 4.86. The number of hydrogen-bond donors (Lipinski definition) is 1. The molecule has 1 amide bonds. The molecule has 1 N–H and O–H groups in total. The monoisotopic (exact) mass is 239 g/mol. The van der Waals surface area contributed by atoms with E-state index in [-0.39, 0.29) is 5.91 Å². The minimum absolute atomic E-state index is 0.0239. The van der Waals surface area contributed by atoms with Crippen LogP contribution < -0.4 is 5.32 Å². The Balaban J connectivity index is 2.32. The molecule has 0 aromatic rings. The number of rotatable bonds is 7. The van der Waals surface area contributed by atoms with Crippen LogP contribution in [0, 0.1) is 11.3 Å². The van der Waals surface area contributed by atoms with E-state index in [0.717, 1.165) is 12.8 Å². The van der Waals surface area contributed by atoms with Gasteiger partial charge in [0.2, 0.25) is 5.91 Å². The summed E-state index contributed by atoms with van der Waals surface area (Å²) in [6.07, 6.45) is 4.62. The van der Waals surface area contributed by atoms with Gasteiger partial charge in [-0.2, -0.15) is 5.26 Å². The minimum Gasteiger partial charge on any atom is -0.383 e. The van der Waals surface area contributed by atoms with Crippen LogP contribution in [-0.4, -0.2) is 50.2 Å². The third kappa shape index (κ3) is 5.16. The normalized spacial score (nSPS) is 16.1. The van der Waals surface area contributed by atoms with Crippen LogP contribution in [0.3, 0.4) is 0 Å². The first-order chi connectivity index (χ1) is 8.27. The summed E-state index contributed by atoms with van der Waals surface area (Å²) in [5.74, 6) is -0.0239. The molecule has 0 atom stereocenters. The second kappa shape index (κ2) is 8.04. The van der Waals surface area contributed by atoms with Crippen LogP contribution in [-0.2, 0) is 9.53 Å². The first kappa shape index (κ1) is 13.9. The first-order valence-corrected chi connectivity index (χ1v) is 6.14. The Bertz CT molecular complexity index is 269. The molecule has 5 heteroatoms. The van der Waals surface area contributed by atoms with Gasteiger partial charge < -0.3 is 10.1 Å². The average Bonchev–Trinajstić information content (AvgIpc) is 2.82. The Hall–Kier alpha value is -1.12. The van der Waals surface area contributed by atoms with Crippen molar-refractivity contribution in [3.05, 3.63) is 0 Å². The molecule has 0 heterocycles. The van der Waals surface area contributed by atoms with Crippen molar-refractivity contribution in [3.63, 3.8) is 0 Å². The van der Waals surface area contributed by atoms with Crippen molar-refractivity contribution in [3.8, 4) is 6.07 Å². The van der Waals surface area contributed by atoms with Gasteiger partial charge in [-0.1, -0.05) is 12.8 Å². The summed E-state index contributed by atoms with van der Waals surface area (Å²) in [5.41, 5.74) is 0. The molecular formula is C12H21N3O2. The highest BCUT2D eigenvalue weighted by atomic mass is 16.5. The molecule has 1 fully saturated rings. The Morgan fingerprint density at radius 2 is 2.24 bits per heavy atom.